The van der Waals surface area contributed by atoms with E-state index in [0.29, 0.717) is 0 Å². The molecule has 2 N–H and O–H groups in total. The van der Waals surface area contributed by atoms with Crippen LogP contribution in [0.15, 0.2) is 60.5 Å². The van der Waals surface area contributed by atoms with Gasteiger partial charge < -0.3 is 15.2 Å². The van der Waals surface area contributed by atoms with Crippen molar-refractivity contribution >= 4 is 21.4 Å². The van der Waals surface area contributed by atoms with Gasteiger partial charge in [0, 0.05) is 33.0 Å². The van der Waals surface area contributed by atoms with E-state index in [1.54, 1.807) is 18.3 Å². The van der Waals surface area contributed by atoms with E-state index in [4.69, 9.17) is 10.2 Å². The summed E-state index contributed by atoms with van der Waals surface area (Å²) in [5.74, 6) is 0.162. The van der Waals surface area contributed by atoms with Gasteiger partial charge in [0.2, 0.25) is 0 Å². The summed E-state index contributed by atoms with van der Waals surface area (Å²) in [6, 6.07) is 17.6. The van der Waals surface area contributed by atoms with Gasteiger partial charge in [-0.3, -0.25) is 0 Å². The summed E-state index contributed by atoms with van der Waals surface area (Å²) in [7, 11) is 0. The molecule has 1 unspecified atom stereocenters. The Balaban J connectivity index is 0.000000516. The molecule has 132 valence electrons. The smallest absolute Gasteiger partial charge is 0.0877 e. The summed E-state index contributed by atoms with van der Waals surface area (Å²) in [6.45, 7) is 3.10. The van der Waals surface area contributed by atoms with Crippen LogP contribution >= 0.6 is 11.3 Å². The summed E-state index contributed by atoms with van der Waals surface area (Å²) in [5, 5.41) is 18.1. The van der Waals surface area contributed by atoms with E-state index in [1.165, 1.54) is 23.1 Å². The predicted molar refractivity (Wildman–Crippen MR) is 98.7 cm³/mol. The monoisotopic (exact) mass is 523 g/mol. The maximum absolute atomic E-state index is 8.49. The largest absolute Gasteiger partial charge is 0.513 e. The average molecular weight is 524 g/mol. The van der Waals surface area contributed by atoms with Crippen molar-refractivity contribution in [2.24, 2.45) is 0 Å². The van der Waals surface area contributed by atoms with E-state index in [-0.39, 0.29) is 34.3 Å². The second kappa shape index (κ2) is 11.1. The summed E-state index contributed by atoms with van der Waals surface area (Å²) >= 11 is 1.73. The molecule has 1 atom stereocenters. The third-order valence-corrected chi connectivity index (χ3v) is 3.82. The number of hydrogen-bond donors (Lipinski definition) is 2. The van der Waals surface area contributed by atoms with Crippen LogP contribution in [0.2, 0.25) is 0 Å². The number of benzene rings is 1. The fourth-order valence-corrected chi connectivity index (χ4v) is 2.86. The van der Waals surface area contributed by atoms with Gasteiger partial charge in [0.25, 0.3) is 0 Å². The molecule has 0 aliphatic carbocycles. The zero-order valence-electron chi connectivity index (χ0n) is 12.8. The van der Waals surface area contributed by atoms with Crippen molar-refractivity contribution in [3.63, 3.8) is 0 Å². The number of nitrogens with zero attached hydrogens (tertiary/aromatic N) is 1. The van der Waals surface area contributed by atoms with Crippen molar-refractivity contribution in [3.05, 3.63) is 66.6 Å². The van der Waals surface area contributed by atoms with Crippen LogP contribution in [-0.4, -0.2) is 21.3 Å². The Morgan fingerprint density at radius 2 is 1.88 bits per heavy atom. The Labute approximate surface area is 162 Å². The molecule has 0 saturated carbocycles. The molecular formula is C19H22NO2PtS-. The van der Waals surface area contributed by atoms with Crippen molar-refractivity contribution in [1.82, 2.24) is 4.98 Å². The van der Waals surface area contributed by atoms with Gasteiger partial charge in [-0.1, -0.05) is 31.7 Å². The number of aromatic nitrogens is 1. The quantitative estimate of drug-likeness (QED) is 0.358. The van der Waals surface area contributed by atoms with Gasteiger partial charge >= 0.3 is 0 Å². The number of aliphatic hydroxyl groups excluding tert-OH is 2. The summed E-state index contributed by atoms with van der Waals surface area (Å²) in [6.07, 6.45) is 2.64. The van der Waals surface area contributed by atoms with Gasteiger partial charge in [0.15, 0.2) is 0 Å². The summed E-state index contributed by atoms with van der Waals surface area (Å²) < 4.78 is 1.26. The van der Waals surface area contributed by atoms with Crippen molar-refractivity contribution in [2.45, 2.75) is 27.4 Å². The first kappa shape index (κ1) is 22.5. The molecule has 1 aromatic carbocycles. The molecule has 3 nitrogen and oxygen atoms in total. The molecule has 0 saturated heterocycles. The Hall–Kier alpha value is -1.48. The maximum atomic E-state index is 8.49. The van der Waals surface area contributed by atoms with E-state index in [0.717, 1.165) is 10.6 Å². The maximum Gasteiger partial charge on any atom is 0.0877 e. The van der Waals surface area contributed by atoms with Crippen LogP contribution in [0.5, 0.6) is 0 Å². The minimum Gasteiger partial charge on any atom is -0.513 e. The van der Waals surface area contributed by atoms with Gasteiger partial charge in [-0.15, -0.1) is 23.6 Å². The normalized spacial score (nSPS) is 11.5. The summed E-state index contributed by atoms with van der Waals surface area (Å²) in [5.41, 5.74) is 0.999. The standard InChI is InChI=1S/C13H8NS.C5H10O2.CH4.Pt/c1-2-7-12-10(5-1)9-13(15-12)11-6-3-4-8-14-11;1-4(6)3-5(2)7;;/h1-8H;3-4,6-7H,1-2H3;1H4;/q-1;;;. The molecule has 2 aromatic heterocycles. The molecule has 3 aromatic rings. The summed E-state index contributed by atoms with van der Waals surface area (Å²) in [4.78, 5) is 5.43. The van der Waals surface area contributed by atoms with Gasteiger partial charge in [0.05, 0.1) is 11.9 Å². The van der Waals surface area contributed by atoms with Crippen LogP contribution in [0, 0.1) is 6.07 Å². The van der Waals surface area contributed by atoms with Crippen LogP contribution < -0.4 is 0 Å². The van der Waals surface area contributed by atoms with Gasteiger partial charge in [-0.2, -0.15) is 0 Å². The number of hydrogen-bond acceptors (Lipinski definition) is 4. The number of aliphatic hydroxyl groups is 2. The molecule has 0 amide bonds. The second-order valence-corrected chi connectivity index (χ2v) is 5.87. The minimum atomic E-state index is -0.537. The molecule has 0 aliphatic rings. The van der Waals surface area contributed by atoms with Crippen LogP contribution in [0.3, 0.4) is 0 Å². The van der Waals surface area contributed by atoms with E-state index >= 15 is 0 Å². The van der Waals surface area contributed by atoms with Crippen molar-refractivity contribution in [1.29, 1.82) is 0 Å². The van der Waals surface area contributed by atoms with Gasteiger partial charge in [-0.05, 0) is 35.6 Å². The van der Waals surface area contributed by atoms with Gasteiger partial charge in [-0.25, -0.2) is 11.3 Å². The van der Waals surface area contributed by atoms with E-state index in [9.17, 15) is 0 Å². The van der Waals surface area contributed by atoms with Gasteiger partial charge in [0.1, 0.15) is 0 Å². The number of thiophene rings is 1. The van der Waals surface area contributed by atoms with Crippen LogP contribution in [0.25, 0.3) is 20.7 Å². The molecule has 0 bridgehead atoms. The fourth-order valence-electron chi connectivity index (χ4n) is 1.88. The predicted octanol–water partition coefficient (Wildman–Crippen LogP) is 5.23. The third-order valence-electron chi connectivity index (χ3n) is 2.73. The number of allylic oxidation sites excluding steroid dienone is 1. The molecule has 0 fully saturated rings. The van der Waals surface area contributed by atoms with E-state index < -0.39 is 6.10 Å². The van der Waals surface area contributed by atoms with E-state index in [2.05, 4.69) is 29.2 Å². The topological polar surface area (TPSA) is 53.4 Å². The molecule has 0 spiro atoms. The molecular weight excluding hydrogens is 501 g/mol. The zero-order valence-corrected chi connectivity index (χ0v) is 15.9. The van der Waals surface area contributed by atoms with E-state index in [1.807, 2.05) is 30.5 Å². The molecule has 24 heavy (non-hydrogen) atoms. The molecule has 2 heterocycles. The van der Waals surface area contributed by atoms with Crippen LogP contribution in [-0.2, 0) is 21.1 Å². The molecule has 0 radical (unpaired) electrons. The van der Waals surface area contributed by atoms with Crippen LogP contribution in [0.1, 0.15) is 21.3 Å². The Kier molecular flexibility index (Phi) is 10.5. The number of fused-ring (bicyclic) bond motifs is 1. The molecule has 5 heteroatoms. The average Bonchev–Trinajstić information content (AvgIpc) is 2.91. The molecule has 0 aliphatic heterocycles. The number of rotatable bonds is 2. The zero-order chi connectivity index (χ0) is 15.9. The van der Waals surface area contributed by atoms with Crippen molar-refractivity contribution < 1.29 is 31.3 Å². The van der Waals surface area contributed by atoms with Crippen LogP contribution in [0.4, 0.5) is 0 Å². The minimum absolute atomic E-state index is 0. The first-order valence-corrected chi connectivity index (χ1v) is 7.75. The fraction of sp³-hybridized carbons (Fsp3) is 0.211. The Morgan fingerprint density at radius 3 is 2.38 bits per heavy atom. The second-order valence-electron chi connectivity index (χ2n) is 4.82. The molecule has 3 rings (SSSR count). The van der Waals surface area contributed by atoms with Crippen molar-refractivity contribution in [3.8, 4) is 10.6 Å². The van der Waals surface area contributed by atoms with Crippen molar-refractivity contribution in [2.75, 3.05) is 0 Å². The Bertz CT molecular complexity index is 717. The Morgan fingerprint density at radius 1 is 1.21 bits per heavy atom. The first-order chi connectivity index (χ1) is 10.6. The third kappa shape index (κ3) is 6.96. The SMILES string of the molecule is C.CC(O)=CC(C)O.[Pt].[c-]1c(-c2ccccn2)sc2ccccc12. The number of pyridine rings is 1. The first-order valence-electron chi connectivity index (χ1n) is 6.94.